The Balaban J connectivity index is 1.82. The first-order chi connectivity index (χ1) is 16.2. The second-order valence-electron chi connectivity index (χ2n) is 9.73. The van der Waals surface area contributed by atoms with Crippen LogP contribution in [0.15, 0.2) is 30.5 Å². The van der Waals surface area contributed by atoms with Crippen LogP contribution in [-0.4, -0.2) is 74.1 Å². The lowest BCUT2D eigenvalue weighted by atomic mass is 10.0. The molecular weight excluding hydrogens is 496 g/mol. The quantitative estimate of drug-likeness (QED) is 0.263. The summed E-state index contributed by atoms with van der Waals surface area (Å²) in [5.41, 5.74) is -0.0951. The van der Waals surface area contributed by atoms with Crippen molar-refractivity contribution >= 4 is 14.0 Å². The zero-order valence-electron chi connectivity index (χ0n) is 19.7. The Hall–Kier alpha value is -2.09. The molecule has 2 heterocycles. The summed E-state index contributed by atoms with van der Waals surface area (Å²) in [6.07, 6.45) is -4.74. The molecule has 0 N–H and O–H groups in total. The van der Waals surface area contributed by atoms with E-state index in [1.165, 1.54) is 22.2 Å². The van der Waals surface area contributed by atoms with Gasteiger partial charge in [-0.05, 0) is 36.7 Å². The summed E-state index contributed by atoms with van der Waals surface area (Å²) in [5.74, 6) is -2.51. The Morgan fingerprint density at radius 2 is 1.91 bits per heavy atom. The Morgan fingerprint density at radius 1 is 1.20 bits per heavy atom. The standard InChI is InChI=1S/C22H29F6N3O3Si/c1-35(2,3)9-8-33-14-29-7-6-20(31(29)21(32)13-34-22(26,27)28)30-12-16(24)11-19(30)17-10-15(23)4-5-18(17)25/h4-7,10,16,19-20H,8-9,11-14H2,1-3H3/t16-,19+,20?/m0/s1. The molecule has 3 rings (SSSR count). The van der Waals surface area contributed by atoms with Crippen LogP contribution in [0.5, 0.6) is 0 Å². The highest BCUT2D eigenvalue weighted by atomic mass is 28.3. The molecular formula is C22H29F6N3O3Si. The molecule has 13 heteroatoms. The van der Waals surface area contributed by atoms with Gasteiger partial charge in [-0.1, -0.05) is 19.6 Å². The van der Waals surface area contributed by atoms with E-state index in [0.29, 0.717) is 6.61 Å². The van der Waals surface area contributed by atoms with E-state index >= 15 is 0 Å². The van der Waals surface area contributed by atoms with Crippen molar-refractivity contribution in [3.05, 3.63) is 47.7 Å². The molecule has 196 valence electrons. The average Bonchev–Trinajstić information content (AvgIpc) is 3.33. The summed E-state index contributed by atoms with van der Waals surface area (Å²) in [5, 5.41) is 2.25. The maximum atomic E-state index is 14.5. The molecule has 0 aliphatic carbocycles. The van der Waals surface area contributed by atoms with Gasteiger partial charge in [-0.2, -0.15) is 0 Å². The number of carbonyl (C=O) groups is 1. The number of nitrogens with zero attached hydrogens (tertiary/aromatic N) is 3. The smallest absolute Gasteiger partial charge is 0.360 e. The number of alkyl halides is 4. The van der Waals surface area contributed by atoms with E-state index < -0.39 is 57.0 Å². The van der Waals surface area contributed by atoms with Crippen LogP contribution in [0.25, 0.3) is 0 Å². The fraction of sp³-hybridized carbons (Fsp3) is 0.591. The number of hydrogen-bond donors (Lipinski definition) is 0. The van der Waals surface area contributed by atoms with Gasteiger partial charge in [-0.15, -0.1) is 13.2 Å². The molecule has 1 amide bonds. The first-order valence-electron chi connectivity index (χ1n) is 11.2. The number of carbonyl (C=O) groups excluding carboxylic acids is 1. The molecule has 1 fully saturated rings. The van der Waals surface area contributed by atoms with Gasteiger partial charge < -0.3 is 4.74 Å². The van der Waals surface area contributed by atoms with Crippen molar-refractivity contribution < 1.29 is 40.6 Å². The van der Waals surface area contributed by atoms with Gasteiger partial charge in [-0.3, -0.25) is 19.4 Å². The van der Waals surface area contributed by atoms with Crippen LogP contribution in [0.4, 0.5) is 26.3 Å². The van der Waals surface area contributed by atoms with Crippen molar-refractivity contribution in [2.45, 2.75) is 56.8 Å². The van der Waals surface area contributed by atoms with Gasteiger partial charge in [0.15, 0.2) is 0 Å². The minimum atomic E-state index is -5.03. The van der Waals surface area contributed by atoms with Crippen molar-refractivity contribution in [3.8, 4) is 0 Å². The second kappa shape index (κ2) is 10.9. The minimum Gasteiger partial charge on any atom is -0.360 e. The summed E-state index contributed by atoms with van der Waals surface area (Å²) < 4.78 is 90.0. The molecule has 2 aliphatic heterocycles. The van der Waals surface area contributed by atoms with Crippen molar-refractivity contribution in [1.29, 1.82) is 0 Å². The topological polar surface area (TPSA) is 45.2 Å². The van der Waals surface area contributed by atoms with E-state index in [4.69, 9.17) is 4.74 Å². The fourth-order valence-corrected chi connectivity index (χ4v) is 4.81. The van der Waals surface area contributed by atoms with E-state index in [9.17, 15) is 31.1 Å². The van der Waals surface area contributed by atoms with Crippen LogP contribution in [-0.2, 0) is 14.3 Å². The normalized spacial score (nSPS) is 23.5. The molecule has 0 aromatic heterocycles. The molecule has 6 nitrogen and oxygen atoms in total. The summed E-state index contributed by atoms with van der Waals surface area (Å²) in [6, 6.07) is 2.71. The third-order valence-electron chi connectivity index (χ3n) is 5.74. The predicted octanol–water partition coefficient (Wildman–Crippen LogP) is 4.80. The lowest BCUT2D eigenvalue weighted by Crippen LogP contribution is -2.54. The summed E-state index contributed by atoms with van der Waals surface area (Å²) in [6.45, 7) is 5.17. The highest BCUT2D eigenvalue weighted by Crippen LogP contribution is 2.39. The molecule has 0 bridgehead atoms. The maximum absolute atomic E-state index is 14.5. The SMILES string of the molecule is C[Si](C)(C)CCOCN1C=CC(N2C[C@@H](F)C[C@@H]2c2cc(F)ccc2F)N1C(=O)COC(F)(F)F. The fourth-order valence-electron chi connectivity index (χ4n) is 4.05. The number of rotatable bonds is 9. The number of amides is 1. The number of benzene rings is 1. The largest absolute Gasteiger partial charge is 0.523 e. The first-order valence-corrected chi connectivity index (χ1v) is 14.9. The third-order valence-corrected chi connectivity index (χ3v) is 7.44. The third kappa shape index (κ3) is 7.45. The molecule has 2 aliphatic rings. The van der Waals surface area contributed by atoms with E-state index in [0.717, 1.165) is 29.3 Å². The van der Waals surface area contributed by atoms with E-state index in [1.807, 2.05) is 0 Å². The highest BCUT2D eigenvalue weighted by Gasteiger charge is 2.45. The van der Waals surface area contributed by atoms with E-state index in [-0.39, 0.29) is 25.3 Å². The van der Waals surface area contributed by atoms with Crippen LogP contribution in [0, 0.1) is 11.6 Å². The predicted molar refractivity (Wildman–Crippen MR) is 118 cm³/mol. The Bertz CT molecular complexity index is 927. The van der Waals surface area contributed by atoms with Crippen LogP contribution in [0.3, 0.4) is 0 Å². The minimum absolute atomic E-state index is 0.0951. The van der Waals surface area contributed by atoms with Gasteiger partial charge in [0.1, 0.15) is 37.3 Å². The zero-order chi connectivity index (χ0) is 26.0. The molecule has 35 heavy (non-hydrogen) atoms. The molecule has 0 spiro atoms. The Kier molecular flexibility index (Phi) is 8.55. The molecule has 0 saturated carbocycles. The average molecular weight is 526 g/mol. The zero-order valence-corrected chi connectivity index (χ0v) is 20.7. The monoisotopic (exact) mass is 525 g/mol. The van der Waals surface area contributed by atoms with Crippen molar-refractivity contribution in [2.75, 3.05) is 26.5 Å². The lowest BCUT2D eigenvalue weighted by molar-refractivity contribution is -0.323. The van der Waals surface area contributed by atoms with Gasteiger partial charge in [-0.25, -0.2) is 18.2 Å². The van der Waals surface area contributed by atoms with Crippen LogP contribution in [0.1, 0.15) is 18.0 Å². The van der Waals surface area contributed by atoms with Gasteiger partial charge in [0.25, 0.3) is 5.91 Å². The first kappa shape index (κ1) is 27.5. The number of hydrogen-bond acceptors (Lipinski definition) is 5. The van der Waals surface area contributed by atoms with Crippen LogP contribution in [0.2, 0.25) is 25.7 Å². The van der Waals surface area contributed by atoms with E-state index in [2.05, 4.69) is 24.4 Å². The van der Waals surface area contributed by atoms with Crippen LogP contribution < -0.4 is 0 Å². The summed E-state index contributed by atoms with van der Waals surface area (Å²) >= 11 is 0. The number of ether oxygens (including phenoxy) is 2. The summed E-state index contributed by atoms with van der Waals surface area (Å²) in [7, 11) is -1.41. The lowest BCUT2D eigenvalue weighted by Gasteiger charge is -2.39. The molecule has 1 saturated heterocycles. The Morgan fingerprint density at radius 3 is 2.57 bits per heavy atom. The molecule has 3 atom stereocenters. The van der Waals surface area contributed by atoms with Gasteiger partial charge in [0, 0.05) is 39.0 Å². The molecule has 1 aromatic carbocycles. The highest BCUT2D eigenvalue weighted by molar-refractivity contribution is 6.76. The van der Waals surface area contributed by atoms with E-state index in [1.54, 1.807) is 0 Å². The second-order valence-corrected chi connectivity index (χ2v) is 15.3. The van der Waals surface area contributed by atoms with Gasteiger partial charge in [0.05, 0.1) is 0 Å². The molecule has 1 unspecified atom stereocenters. The maximum Gasteiger partial charge on any atom is 0.523 e. The Labute approximate surface area is 201 Å². The van der Waals surface area contributed by atoms with Crippen LogP contribution >= 0.6 is 0 Å². The van der Waals surface area contributed by atoms with Gasteiger partial charge in [0.2, 0.25) is 0 Å². The number of hydrazine groups is 1. The number of halogens is 6. The van der Waals surface area contributed by atoms with Crippen molar-refractivity contribution in [2.24, 2.45) is 0 Å². The van der Waals surface area contributed by atoms with Gasteiger partial charge >= 0.3 is 6.36 Å². The molecule has 1 aromatic rings. The molecule has 0 radical (unpaired) electrons. The summed E-state index contributed by atoms with van der Waals surface area (Å²) in [4.78, 5) is 14.2. The van der Waals surface area contributed by atoms with Crippen molar-refractivity contribution in [3.63, 3.8) is 0 Å². The van der Waals surface area contributed by atoms with Crippen molar-refractivity contribution in [1.82, 2.24) is 14.9 Å². The number of likely N-dealkylation sites (tertiary alicyclic amines) is 1.